The Morgan fingerprint density at radius 1 is 1.35 bits per heavy atom. The van der Waals surface area contributed by atoms with Crippen molar-refractivity contribution in [2.75, 3.05) is 13.1 Å². The van der Waals surface area contributed by atoms with Crippen LogP contribution in [0.2, 0.25) is 0 Å². The summed E-state index contributed by atoms with van der Waals surface area (Å²) in [6.45, 7) is 1.73. The normalized spacial score (nSPS) is 15.5. The van der Waals surface area contributed by atoms with E-state index < -0.39 is 0 Å². The van der Waals surface area contributed by atoms with Crippen molar-refractivity contribution in [1.29, 1.82) is 0 Å². The van der Waals surface area contributed by atoms with Crippen LogP contribution in [0.15, 0.2) is 24.9 Å². The van der Waals surface area contributed by atoms with Gasteiger partial charge < -0.3 is 5.32 Å². The molecule has 7 heteroatoms. The van der Waals surface area contributed by atoms with Gasteiger partial charge in [0.25, 0.3) is 0 Å². The number of aromatic nitrogens is 5. The second-order valence-electron chi connectivity index (χ2n) is 3.85. The molecule has 3 rings (SSSR count). The third kappa shape index (κ3) is 1.80. The fourth-order valence-corrected chi connectivity index (χ4v) is 1.58. The number of carbonyl (C=O) groups excluding carboxylic acids is 1. The molecule has 7 nitrogen and oxygen atoms in total. The van der Waals surface area contributed by atoms with Gasteiger partial charge in [-0.05, 0) is 0 Å². The molecule has 86 valence electrons. The monoisotopic (exact) mass is 230 g/mol. The van der Waals surface area contributed by atoms with E-state index in [-0.39, 0.29) is 5.78 Å². The van der Waals surface area contributed by atoms with E-state index in [0.717, 1.165) is 13.1 Å². The Balaban J connectivity index is 1.84. The van der Waals surface area contributed by atoms with Gasteiger partial charge in [-0.3, -0.25) is 4.79 Å². The van der Waals surface area contributed by atoms with E-state index in [0.29, 0.717) is 17.3 Å². The number of rotatable bonds is 3. The Hall–Kier alpha value is -2.15. The Morgan fingerprint density at radius 3 is 2.76 bits per heavy atom. The summed E-state index contributed by atoms with van der Waals surface area (Å²) in [7, 11) is 0. The predicted octanol–water partition coefficient (Wildman–Crippen LogP) is -0.557. The molecule has 0 bridgehead atoms. The minimum absolute atomic E-state index is 0.205. The molecule has 0 aliphatic carbocycles. The zero-order valence-electron chi connectivity index (χ0n) is 8.95. The zero-order valence-corrected chi connectivity index (χ0v) is 8.95. The molecule has 17 heavy (non-hydrogen) atoms. The summed E-state index contributed by atoms with van der Waals surface area (Å²) in [5.74, 6) is -0.205. The van der Waals surface area contributed by atoms with Crippen molar-refractivity contribution in [1.82, 2.24) is 30.3 Å². The van der Waals surface area contributed by atoms with Crippen LogP contribution in [0.25, 0.3) is 0 Å². The molecule has 0 saturated carbocycles. The summed E-state index contributed by atoms with van der Waals surface area (Å²) >= 11 is 0. The van der Waals surface area contributed by atoms with Crippen LogP contribution in [0.5, 0.6) is 0 Å². The fraction of sp³-hybridized carbons (Fsp3) is 0.300. The lowest BCUT2D eigenvalue weighted by atomic mass is 10.1. The van der Waals surface area contributed by atoms with Gasteiger partial charge in [-0.25, -0.2) is 14.6 Å². The second kappa shape index (κ2) is 4.02. The van der Waals surface area contributed by atoms with E-state index >= 15 is 0 Å². The number of ketones is 1. The highest BCUT2D eigenvalue weighted by Crippen LogP contribution is 2.11. The molecular formula is C10H10N6O. The van der Waals surface area contributed by atoms with Crippen LogP contribution in [0.4, 0.5) is 0 Å². The molecule has 0 amide bonds. The van der Waals surface area contributed by atoms with Crippen molar-refractivity contribution in [2.24, 2.45) is 0 Å². The van der Waals surface area contributed by atoms with E-state index in [1.54, 1.807) is 10.9 Å². The third-order valence-electron chi connectivity index (χ3n) is 2.70. The van der Waals surface area contributed by atoms with Crippen LogP contribution in [-0.2, 0) is 0 Å². The molecule has 0 spiro atoms. The summed E-state index contributed by atoms with van der Waals surface area (Å²) in [6, 6.07) is 0.302. The van der Waals surface area contributed by atoms with Gasteiger partial charge in [0.05, 0.1) is 17.8 Å². The first-order valence-electron chi connectivity index (χ1n) is 5.27. The molecular weight excluding hydrogens is 220 g/mol. The highest BCUT2D eigenvalue weighted by Gasteiger charge is 2.22. The number of nitrogens with one attached hydrogen (secondary N) is 1. The molecule has 1 saturated heterocycles. The topological polar surface area (TPSA) is 85.6 Å². The first-order chi connectivity index (χ1) is 8.34. The van der Waals surface area contributed by atoms with Gasteiger partial charge in [-0.1, -0.05) is 5.21 Å². The summed E-state index contributed by atoms with van der Waals surface area (Å²) in [5.41, 5.74) is 0.748. The number of hydrogen-bond donors (Lipinski definition) is 1. The number of nitrogens with zero attached hydrogens (tertiary/aromatic N) is 5. The smallest absolute Gasteiger partial charge is 0.217 e. The van der Waals surface area contributed by atoms with Crippen molar-refractivity contribution in [2.45, 2.75) is 6.04 Å². The maximum atomic E-state index is 12.0. The van der Waals surface area contributed by atoms with Crippen LogP contribution in [0.1, 0.15) is 22.1 Å². The molecule has 2 aromatic heterocycles. The third-order valence-corrected chi connectivity index (χ3v) is 2.70. The average Bonchev–Trinajstić information content (AvgIpc) is 2.76. The molecule has 1 aliphatic heterocycles. The quantitative estimate of drug-likeness (QED) is 0.711. The predicted molar refractivity (Wildman–Crippen MR) is 57.4 cm³/mol. The van der Waals surface area contributed by atoms with E-state index in [4.69, 9.17) is 0 Å². The highest BCUT2D eigenvalue weighted by molar-refractivity contribution is 6.07. The van der Waals surface area contributed by atoms with Crippen LogP contribution < -0.4 is 5.32 Å². The molecule has 0 aromatic carbocycles. The summed E-state index contributed by atoms with van der Waals surface area (Å²) < 4.78 is 1.72. The minimum atomic E-state index is -0.205. The second-order valence-corrected chi connectivity index (χ2v) is 3.85. The lowest BCUT2D eigenvalue weighted by Gasteiger charge is -2.26. The van der Waals surface area contributed by atoms with Gasteiger partial charge in [0.2, 0.25) is 5.78 Å². The summed E-state index contributed by atoms with van der Waals surface area (Å²) in [4.78, 5) is 19.6. The number of carbonyl (C=O) groups is 1. The molecule has 0 atom stereocenters. The van der Waals surface area contributed by atoms with E-state index in [1.165, 1.54) is 18.7 Å². The van der Waals surface area contributed by atoms with Crippen molar-refractivity contribution in [3.63, 3.8) is 0 Å². The van der Waals surface area contributed by atoms with E-state index in [2.05, 4.69) is 25.6 Å². The zero-order chi connectivity index (χ0) is 11.7. The van der Waals surface area contributed by atoms with Crippen molar-refractivity contribution in [3.8, 4) is 0 Å². The Kier molecular flexibility index (Phi) is 2.37. The summed E-state index contributed by atoms with van der Waals surface area (Å²) in [5, 5.41) is 11.0. The van der Waals surface area contributed by atoms with Gasteiger partial charge in [-0.15, -0.1) is 5.10 Å². The van der Waals surface area contributed by atoms with E-state index in [1.807, 2.05) is 0 Å². The van der Waals surface area contributed by atoms with Crippen LogP contribution in [-0.4, -0.2) is 43.8 Å². The molecule has 0 unspecified atom stereocenters. The standard InChI is InChI=1S/C10H10N6O/c17-10(7-1-12-6-13-2-7)9-5-16(15-14-9)8-3-11-4-8/h1-2,5-6,8,11H,3-4H2. The van der Waals surface area contributed by atoms with E-state index in [9.17, 15) is 4.79 Å². The fourth-order valence-electron chi connectivity index (χ4n) is 1.58. The highest BCUT2D eigenvalue weighted by atomic mass is 16.1. The summed E-state index contributed by atoms with van der Waals surface area (Å²) in [6.07, 6.45) is 5.99. The average molecular weight is 230 g/mol. The maximum absolute atomic E-state index is 12.0. The molecule has 1 aliphatic rings. The molecule has 3 heterocycles. The lowest BCUT2D eigenvalue weighted by Crippen LogP contribution is -2.43. The molecule has 1 fully saturated rings. The SMILES string of the molecule is O=C(c1cncnc1)c1cn(C2CNC2)nn1. The molecule has 0 radical (unpaired) electrons. The van der Waals surface area contributed by atoms with Crippen LogP contribution in [0, 0.1) is 0 Å². The van der Waals surface area contributed by atoms with Gasteiger partial charge in [0.1, 0.15) is 6.33 Å². The van der Waals surface area contributed by atoms with Crippen LogP contribution >= 0.6 is 0 Å². The van der Waals surface area contributed by atoms with Gasteiger partial charge in [0, 0.05) is 25.5 Å². The minimum Gasteiger partial charge on any atom is -0.312 e. The Morgan fingerprint density at radius 2 is 2.12 bits per heavy atom. The van der Waals surface area contributed by atoms with Gasteiger partial charge in [0.15, 0.2) is 5.69 Å². The molecule has 1 N–H and O–H groups in total. The van der Waals surface area contributed by atoms with Gasteiger partial charge in [-0.2, -0.15) is 0 Å². The maximum Gasteiger partial charge on any atom is 0.217 e. The molecule has 2 aromatic rings. The van der Waals surface area contributed by atoms with Crippen molar-refractivity contribution >= 4 is 5.78 Å². The largest absolute Gasteiger partial charge is 0.312 e. The first-order valence-corrected chi connectivity index (χ1v) is 5.27. The van der Waals surface area contributed by atoms with Crippen molar-refractivity contribution < 1.29 is 4.79 Å². The number of hydrogen-bond acceptors (Lipinski definition) is 6. The lowest BCUT2D eigenvalue weighted by molar-refractivity contribution is 0.103. The van der Waals surface area contributed by atoms with Gasteiger partial charge >= 0.3 is 0 Å². The van der Waals surface area contributed by atoms with Crippen molar-refractivity contribution in [3.05, 3.63) is 36.2 Å². The Labute approximate surface area is 96.9 Å². The first kappa shape index (κ1) is 10.0. The van der Waals surface area contributed by atoms with Crippen LogP contribution in [0.3, 0.4) is 0 Å². The Bertz CT molecular complexity index is 533.